The molecule has 0 aromatic carbocycles. The van der Waals surface area contributed by atoms with E-state index in [2.05, 4.69) is 42.7 Å². The smallest absolute Gasteiger partial charge is 0.0670 e. The summed E-state index contributed by atoms with van der Waals surface area (Å²) in [6.07, 6.45) is 5.01. The summed E-state index contributed by atoms with van der Waals surface area (Å²) < 4.78 is 1.87. The number of nitrogens with one attached hydrogen (secondary N) is 1. The minimum Gasteiger partial charge on any atom is -0.275 e. The number of hydrogen-bond donors (Lipinski definition) is 2. The summed E-state index contributed by atoms with van der Waals surface area (Å²) in [4.78, 5) is 2.79. The largest absolute Gasteiger partial charge is 0.275 e. The van der Waals surface area contributed by atoms with Gasteiger partial charge in [0.25, 0.3) is 0 Å². The number of thiophene rings is 1. The van der Waals surface area contributed by atoms with Gasteiger partial charge in [-0.2, -0.15) is 5.10 Å². The molecule has 0 aliphatic heterocycles. The highest BCUT2D eigenvalue weighted by atomic mass is 32.1. The molecule has 2 heterocycles. The maximum atomic E-state index is 5.74. The lowest BCUT2D eigenvalue weighted by atomic mass is 10.0. The maximum absolute atomic E-state index is 5.74. The van der Waals surface area contributed by atoms with Crippen LogP contribution in [-0.2, 0) is 26.3 Å². The Labute approximate surface area is 118 Å². The van der Waals surface area contributed by atoms with E-state index in [0.29, 0.717) is 0 Å². The minimum absolute atomic E-state index is 0.131. The van der Waals surface area contributed by atoms with Gasteiger partial charge in [0.15, 0.2) is 0 Å². The Kier molecular flexibility index (Phi) is 4.74. The third-order valence-corrected chi connectivity index (χ3v) is 4.57. The molecule has 0 radical (unpaired) electrons. The summed E-state index contributed by atoms with van der Waals surface area (Å²) >= 11 is 1.87. The highest BCUT2D eigenvalue weighted by molar-refractivity contribution is 7.11. The fourth-order valence-electron chi connectivity index (χ4n) is 2.30. The average molecular weight is 278 g/mol. The lowest BCUT2D eigenvalue weighted by molar-refractivity contribution is 0.551. The molecule has 0 aliphatic carbocycles. The third kappa shape index (κ3) is 3.23. The SMILES string of the molecule is CCc1ccc(CC(NN)c2cn(C)nc2CC)s1. The fraction of sp³-hybridized carbons (Fsp3) is 0.500. The van der Waals surface area contributed by atoms with Crippen molar-refractivity contribution < 1.29 is 0 Å². The third-order valence-electron chi connectivity index (χ3n) is 3.32. The van der Waals surface area contributed by atoms with Gasteiger partial charge in [0.1, 0.15) is 0 Å². The maximum Gasteiger partial charge on any atom is 0.0670 e. The Morgan fingerprint density at radius 1 is 1.32 bits per heavy atom. The molecule has 0 amide bonds. The molecule has 1 unspecified atom stereocenters. The number of nitrogens with zero attached hydrogens (tertiary/aromatic N) is 2. The molecule has 0 fully saturated rings. The van der Waals surface area contributed by atoms with Crippen LogP contribution in [0.2, 0.25) is 0 Å². The normalized spacial score (nSPS) is 12.8. The van der Waals surface area contributed by atoms with Crippen LogP contribution < -0.4 is 11.3 Å². The molecule has 0 saturated heterocycles. The number of aryl methyl sites for hydroxylation is 3. The average Bonchev–Trinajstić information content (AvgIpc) is 3.01. The highest BCUT2D eigenvalue weighted by Gasteiger charge is 2.17. The van der Waals surface area contributed by atoms with Crippen LogP contribution in [0.1, 0.15) is 40.9 Å². The molecule has 0 saturated carbocycles. The Hall–Kier alpha value is -1.17. The second-order valence-electron chi connectivity index (χ2n) is 4.70. The van der Waals surface area contributed by atoms with Gasteiger partial charge in [0, 0.05) is 35.0 Å². The topological polar surface area (TPSA) is 55.9 Å². The molecule has 2 aromatic rings. The van der Waals surface area contributed by atoms with Crippen molar-refractivity contribution in [2.45, 2.75) is 39.2 Å². The van der Waals surface area contributed by atoms with Crippen molar-refractivity contribution in [1.82, 2.24) is 15.2 Å². The molecule has 0 spiro atoms. The number of hydrogen-bond acceptors (Lipinski definition) is 4. The first-order chi connectivity index (χ1) is 9.17. The van der Waals surface area contributed by atoms with Crippen LogP contribution in [0, 0.1) is 0 Å². The van der Waals surface area contributed by atoms with Gasteiger partial charge < -0.3 is 0 Å². The minimum atomic E-state index is 0.131. The summed E-state index contributed by atoms with van der Waals surface area (Å²) in [6.45, 7) is 4.31. The van der Waals surface area contributed by atoms with Crippen LogP contribution in [0.5, 0.6) is 0 Å². The van der Waals surface area contributed by atoms with E-state index in [4.69, 9.17) is 5.84 Å². The van der Waals surface area contributed by atoms with E-state index in [1.807, 2.05) is 23.1 Å². The van der Waals surface area contributed by atoms with Crippen molar-refractivity contribution in [2.75, 3.05) is 0 Å². The van der Waals surface area contributed by atoms with E-state index >= 15 is 0 Å². The molecule has 2 rings (SSSR count). The Morgan fingerprint density at radius 2 is 2.05 bits per heavy atom. The number of rotatable bonds is 6. The molecule has 19 heavy (non-hydrogen) atoms. The van der Waals surface area contributed by atoms with E-state index in [1.165, 1.54) is 15.3 Å². The standard InChI is InChI=1S/C14H22N4S/c1-4-10-6-7-11(19-10)8-14(16-15)12-9-18(3)17-13(12)5-2/h6-7,9,14,16H,4-5,8,15H2,1-3H3. The second kappa shape index (κ2) is 6.32. The number of nitrogens with two attached hydrogens (primary N) is 1. The van der Waals surface area contributed by atoms with Gasteiger partial charge in [-0.25, -0.2) is 0 Å². The first-order valence-electron chi connectivity index (χ1n) is 6.74. The van der Waals surface area contributed by atoms with Crippen molar-refractivity contribution in [3.8, 4) is 0 Å². The van der Waals surface area contributed by atoms with E-state index in [-0.39, 0.29) is 6.04 Å². The summed E-state index contributed by atoms with van der Waals surface area (Å²) in [5, 5.41) is 4.49. The monoisotopic (exact) mass is 278 g/mol. The quantitative estimate of drug-likeness (QED) is 0.630. The molecular weight excluding hydrogens is 256 g/mol. The van der Waals surface area contributed by atoms with E-state index in [9.17, 15) is 0 Å². The molecule has 5 heteroatoms. The van der Waals surface area contributed by atoms with Gasteiger partial charge in [-0.05, 0) is 25.0 Å². The first-order valence-corrected chi connectivity index (χ1v) is 7.55. The first kappa shape index (κ1) is 14.2. The summed E-state index contributed by atoms with van der Waals surface area (Å²) in [5.41, 5.74) is 5.27. The highest BCUT2D eigenvalue weighted by Crippen LogP contribution is 2.25. The van der Waals surface area contributed by atoms with Crippen molar-refractivity contribution in [3.05, 3.63) is 39.3 Å². The molecule has 2 aromatic heterocycles. The van der Waals surface area contributed by atoms with Crippen LogP contribution >= 0.6 is 11.3 Å². The van der Waals surface area contributed by atoms with Crippen molar-refractivity contribution in [2.24, 2.45) is 12.9 Å². The Morgan fingerprint density at radius 3 is 2.63 bits per heavy atom. The fourth-order valence-corrected chi connectivity index (χ4v) is 3.30. The van der Waals surface area contributed by atoms with Crippen molar-refractivity contribution in [1.29, 1.82) is 0 Å². The second-order valence-corrected chi connectivity index (χ2v) is 5.96. The van der Waals surface area contributed by atoms with Crippen LogP contribution in [0.4, 0.5) is 0 Å². The Balaban J connectivity index is 2.19. The zero-order chi connectivity index (χ0) is 13.8. The molecule has 104 valence electrons. The molecular formula is C14H22N4S. The summed E-state index contributed by atoms with van der Waals surface area (Å²) in [7, 11) is 1.95. The number of hydrazine groups is 1. The predicted molar refractivity (Wildman–Crippen MR) is 80.1 cm³/mol. The van der Waals surface area contributed by atoms with Gasteiger partial charge in [-0.15, -0.1) is 11.3 Å². The molecule has 3 N–H and O–H groups in total. The van der Waals surface area contributed by atoms with Crippen molar-refractivity contribution in [3.63, 3.8) is 0 Å². The van der Waals surface area contributed by atoms with Gasteiger partial charge in [-0.3, -0.25) is 16.0 Å². The zero-order valence-electron chi connectivity index (χ0n) is 11.8. The van der Waals surface area contributed by atoms with E-state index in [1.54, 1.807) is 0 Å². The van der Waals surface area contributed by atoms with E-state index < -0.39 is 0 Å². The van der Waals surface area contributed by atoms with Crippen molar-refractivity contribution >= 4 is 11.3 Å². The summed E-state index contributed by atoms with van der Waals surface area (Å²) in [5.74, 6) is 5.74. The van der Waals surface area contributed by atoms with Gasteiger partial charge in [0.05, 0.1) is 11.7 Å². The Bertz CT molecular complexity index is 529. The molecule has 0 aliphatic rings. The lowest BCUT2D eigenvalue weighted by Gasteiger charge is -2.14. The van der Waals surface area contributed by atoms with Gasteiger partial charge >= 0.3 is 0 Å². The molecule has 4 nitrogen and oxygen atoms in total. The van der Waals surface area contributed by atoms with Crippen LogP contribution in [0.25, 0.3) is 0 Å². The van der Waals surface area contributed by atoms with E-state index in [0.717, 1.165) is 25.0 Å². The van der Waals surface area contributed by atoms with Crippen LogP contribution in [-0.4, -0.2) is 9.78 Å². The molecule has 1 atom stereocenters. The van der Waals surface area contributed by atoms with Crippen LogP contribution in [0.15, 0.2) is 18.3 Å². The van der Waals surface area contributed by atoms with Gasteiger partial charge in [-0.1, -0.05) is 13.8 Å². The summed E-state index contributed by atoms with van der Waals surface area (Å²) in [6, 6.07) is 4.54. The lowest BCUT2D eigenvalue weighted by Crippen LogP contribution is -2.29. The van der Waals surface area contributed by atoms with Crippen LogP contribution in [0.3, 0.4) is 0 Å². The zero-order valence-corrected chi connectivity index (χ0v) is 12.6. The number of aromatic nitrogens is 2. The predicted octanol–water partition coefficient (Wildman–Crippen LogP) is 2.35. The molecule has 0 bridgehead atoms. The van der Waals surface area contributed by atoms with Gasteiger partial charge in [0.2, 0.25) is 0 Å².